The summed E-state index contributed by atoms with van der Waals surface area (Å²) in [4.78, 5) is 4.21. The van der Waals surface area contributed by atoms with E-state index in [9.17, 15) is 8.78 Å². The minimum atomic E-state index is -0.931. The average Bonchev–Trinajstić information content (AvgIpc) is 3.27. The molecular weight excluding hydrogens is 376 g/mol. The van der Waals surface area contributed by atoms with Gasteiger partial charge in [-0.25, -0.2) is 13.5 Å². The molecule has 0 spiro atoms. The third-order valence-corrected chi connectivity index (χ3v) is 4.27. The van der Waals surface area contributed by atoms with Crippen molar-refractivity contribution in [3.63, 3.8) is 0 Å². The maximum atomic E-state index is 13.2. The van der Waals surface area contributed by atoms with Gasteiger partial charge in [-0.2, -0.15) is 5.10 Å². The summed E-state index contributed by atoms with van der Waals surface area (Å²) in [6.07, 6.45) is 3.63. The van der Waals surface area contributed by atoms with Gasteiger partial charge in [-0.15, -0.1) is 0 Å². The zero-order chi connectivity index (χ0) is 20.6. The number of hydrogen-bond acceptors (Lipinski definition) is 3. The largest absolute Gasteiger partial charge is 0.492 e. The van der Waals surface area contributed by atoms with Crippen molar-refractivity contribution in [2.75, 3.05) is 20.2 Å². The van der Waals surface area contributed by atoms with Gasteiger partial charge in [-0.3, -0.25) is 4.99 Å². The molecule has 1 aromatic heterocycles. The molecule has 0 amide bonds. The molecular formula is C21H23F2N5O. The fourth-order valence-corrected chi connectivity index (χ4v) is 2.75. The number of ether oxygens (including phenoxy) is 1. The van der Waals surface area contributed by atoms with E-state index in [0.29, 0.717) is 12.5 Å². The minimum Gasteiger partial charge on any atom is -0.492 e. The van der Waals surface area contributed by atoms with Gasteiger partial charge in [0, 0.05) is 25.5 Å². The van der Waals surface area contributed by atoms with Gasteiger partial charge in [0.1, 0.15) is 12.4 Å². The van der Waals surface area contributed by atoms with Crippen molar-refractivity contribution in [3.05, 3.63) is 78.1 Å². The van der Waals surface area contributed by atoms with Crippen LogP contribution in [0.25, 0.3) is 5.69 Å². The van der Waals surface area contributed by atoms with Gasteiger partial charge in [0.2, 0.25) is 0 Å². The monoisotopic (exact) mass is 399 g/mol. The summed E-state index contributed by atoms with van der Waals surface area (Å²) in [5, 5.41) is 10.7. The van der Waals surface area contributed by atoms with E-state index in [2.05, 4.69) is 26.8 Å². The molecule has 1 atom stereocenters. The van der Waals surface area contributed by atoms with Gasteiger partial charge in [0.05, 0.1) is 18.3 Å². The number of rotatable bonds is 7. The summed E-state index contributed by atoms with van der Waals surface area (Å²) in [6, 6.07) is 13.4. The molecule has 1 heterocycles. The van der Waals surface area contributed by atoms with Crippen LogP contribution in [0, 0.1) is 11.6 Å². The van der Waals surface area contributed by atoms with Crippen LogP contribution in [0.5, 0.6) is 5.75 Å². The van der Waals surface area contributed by atoms with Crippen LogP contribution in [-0.4, -0.2) is 35.9 Å². The molecule has 0 fully saturated rings. The number of benzene rings is 2. The fourth-order valence-electron chi connectivity index (χ4n) is 2.75. The van der Waals surface area contributed by atoms with Crippen molar-refractivity contribution in [2.45, 2.75) is 13.0 Å². The van der Waals surface area contributed by atoms with Crippen LogP contribution < -0.4 is 15.4 Å². The van der Waals surface area contributed by atoms with Gasteiger partial charge < -0.3 is 15.4 Å². The molecule has 2 N–H and O–H groups in total. The molecule has 0 radical (unpaired) electrons. The molecule has 152 valence electrons. The van der Waals surface area contributed by atoms with Crippen LogP contribution >= 0.6 is 0 Å². The molecule has 0 bridgehead atoms. The Kier molecular flexibility index (Phi) is 6.78. The summed E-state index contributed by atoms with van der Waals surface area (Å²) >= 11 is 0. The van der Waals surface area contributed by atoms with Gasteiger partial charge >= 0.3 is 0 Å². The Morgan fingerprint density at radius 1 is 1.17 bits per heavy atom. The van der Waals surface area contributed by atoms with E-state index < -0.39 is 11.6 Å². The first kappa shape index (κ1) is 20.3. The number of nitrogens with one attached hydrogen (secondary N) is 2. The van der Waals surface area contributed by atoms with E-state index in [1.54, 1.807) is 17.9 Å². The van der Waals surface area contributed by atoms with E-state index in [0.717, 1.165) is 23.4 Å². The van der Waals surface area contributed by atoms with E-state index in [1.165, 1.54) is 6.07 Å². The van der Waals surface area contributed by atoms with Crippen molar-refractivity contribution < 1.29 is 13.5 Å². The highest BCUT2D eigenvalue weighted by molar-refractivity contribution is 5.80. The highest BCUT2D eigenvalue weighted by Crippen LogP contribution is 2.17. The number of hydrogen-bond donors (Lipinski definition) is 2. The Labute approximate surface area is 168 Å². The standard InChI is InChI=1S/C21H23F2N5O/c1-15(16-5-3-6-17(13-16)28-11-4-9-26-28)27-21(24-2)25-10-12-29-18-7-8-19(22)20(23)14-18/h3-9,11,13-15H,10,12H2,1-2H3,(H2,24,25,27). The normalized spacial score (nSPS) is 12.5. The molecule has 0 aliphatic rings. The van der Waals surface area contributed by atoms with Crippen molar-refractivity contribution in [2.24, 2.45) is 4.99 Å². The van der Waals surface area contributed by atoms with Gasteiger partial charge in [0.25, 0.3) is 0 Å². The average molecular weight is 399 g/mol. The lowest BCUT2D eigenvalue weighted by Gasteiger charge is -2.19. The maximum absolute atomic E-state index is 13.2. The third kappa shape index (κ3) is 5.54. The van der Waals surface area contributed by atoms with E-state index in [-0.39, 0.29) is 18.4 Å². The predicted octanol–water partition coefficient (Wildman–Crippen LogP) is 3.46. The fraction of sp³-hybridized carbons (Fsp3) is 0.238. The second-order valence-corrected chi connectivity index (χ2v) is 6.34. The SMILES string of the molecule is CN=C(NCCOc1ccc(F)c(F)c1)NC(C)c1cccc(-n2cccn2)c1. The third-order valence-electron chi connectivity index (χ3n) is 4.27. The maximum Gasteiger partial charge on any atom is 0.191 e. The Morgan fingerprint density at radius 2 is 2.03 bits per heavy atom. The Hall–Kier alpha value is -3.42. The lowest BCUT2D eigenvalue weighted by Crippen LogP contribution is -2.40. The van der Waals surface area contributed by atoms with Crippen LogP contribution in [0.4, 0.5) is 8.78 Å². The predicted molar refractivity (Wildman–Crippen MR) is 108 cm³/mol. The summed E-state index contributed by atoms with van der Waals surface area (Å²) in [5.74, 6) is -0.946. The zero-order valence-corrected chi connectivity index (χ0v) is 16.3. The smallest absolute Gasteiger partial charge is 0.191 e. The first-order chi connectivity index (χ1) is 14.1. The molecule has 2 aromatic carbocycles. The van der Waals surface area contributed by atoms with E-state index in [1.807, 2.05) is 37.4 Å². The molecule has 29 heavy (non-hydrogen) atoms. The molecule has 3 rings (SSSR count). The molecule has 0 saturated heterocycles. The minimum absolute atomic E-state index is 0.00354. The summed E-state index contributed by atoms with van der Waals surface area (Å²) < 4.78 is 33.3. The molecule has 0 aliphatic carbocycles. The lowest BCUT2D eigenvalue weighted by molar-refractivity contribution is 0.318. The second kappa shape index (κ2) is 9.68. The summed E-state index contributed by atoms with van der Waals surface area (Å²) in [5.41, 5.74) is 2.06. The summed E-state index contributed by atoms with van der Waals surface area (Å²) in [7, 11) is 1.68. The molecule has 1 unspecified atom stereocenters. The van der Waals surface area contributed by atoms with Crippen LogP contribution in [0.3, 0.4) is 0 Å². The first-order valence-corrected chi connectivity index (χ1v) is 9.22. The van der Waals surface area contributed by atoms with E-state index in [4.69, 9.17) is 4.74 Å². The van der Waals surface area contributed by atoms with Crippen LogP contribution in [0.1, 0.15) is 18.5 Å². The first-order valence-electron chi connectivity index (χ1n) is 9.22. The second-order valence-electron chi connectivity index (χ2n) is 6.34. The van der Waals surface area contributed by atoms with E-state index >= 15 is 0 Å². The number of halogens is 2. The van der Waals surface area contributed by atoms with Gasteiger partial charge in [-0.05, 0) is 42.8 Å². The molecule has 3 aromatic rings. The lowest BCUT2D eigenvalue weighted by atomic mass is 10.1. The number of nitrogens with zero attached hydrogens (tertiary/aromatic N) is 3. The highest BCUT2D eigenvalue weighted by atomic mass is 19.2. The van der Waals surface area contributed by atoms with Crippen molar-refractivity contribution >= 4 is 5.96 Å². The van der Waals surface area contributed by atoms with Gasteiger partial charge in [-0.1, -0.05) is 12.1 Å². The Balaban J connectivity index is 1.50. The van der Waals surface area contributed by atoms with Crippen LogP contribution in [0.2, 0.25) is 0 Å². The molecule has 8 heteroatoms. The van der Waals surface area contributed by atoms with Crippen LogP contribution in [0.15, 0.2) is 65.9 Å². The Bertz CT molecular complexity index is 959. The van der Waals surface area contributed by atoms with Crippen molar-refractivity contribution in [1.82, 2.24) is 20.4 Å². The number of guanidine groups is 1. The van der Waals surface area contributed by atoms with Crippen LogP contribution in [-0.2, 0) is 0 Å². The number of aliphatic imine (C=N–C) groups is 1. The molecule has 0 saturated carbocycles. The quantitative estimate of drug-likeness (QED) is 0.363. The number of aromatic nitrogens is 2. The van der Waals surface area contributed by atoms with Gasteiger partial charge in [0.15, 0.2) is 17.6 Å². The summed E-state index contributed by atoms with van der Waals surface area (Å²) in [6.45, 7) is 2.75. The molecule has 0 aliphatic heterocycles. The highest BCUT2D eigenvalue weighted by Gasteiger charge is 2.09. The topological polar surface area (TPSA) is 63.5 Å². The van der Waals surface area contributed by atoms with Crippen molar-refractivity contribution in [1.29, 1.82) is 0 Å². The zero-order valence-electron chi connectivity index (χ0n) is 16.3. The molecule has 6 nitrogen and oxygen atoms in total. The Morgan fingerprint density at radius 3 is 2.76 bits per heavy atom. The van der Waals surface area contributed by atoms with Crippen molar-refractivity contribution in [3.8, 4) is 11.4 Å².